The molecule has 3 heteroatoms. The zero-order chi connectivity index (χ0) is 22.7. The number of pyridine rings is 1. The van der Waals surface area contributed by atoms with E-state index in [9.17, 15) is 4.79 Å². The van der Waals surface area contributed by atoms with Gasteiger partial charge in [0.05, 0.1) is 16.8 Å². The van der Waals surface area contributed by atoms with E-state index in [-0.39, 0.29) is 11.3 Å². The molecule has 167 valence electrons. The van der Waals surface area contributed by atoms with Crippen LogP contribution in [0.1, 0.15) is 56.8 Å². The van der Waals surface area contributed by atoms with E-state index in [1.54, 1.807) is 0 Å². The van der Waals surface area contributed by atoms with Gasteiger partial charge in [-0.1, -0.05) is 69.3 Å². The lowest BCUT2D eigenvalue weighted by molar-refractivity contribution is 0.0756. The summed E-state index contributed by atoms with van der Waals surface area (Å²) in [6, 6.07) is 20.0. The highest BCUT2D eigenvalue weighted by Gasteiger charge is 2.27. The topological polar surface area (TPSA) is 33.2 Å². The van der Waals surface area contributed by atoms with Crippen molar-refractivity contribution in [2.45, 2.75) is 46.5 Å². The third-order valence-electron chi connectivity index (χ3n) is 6.52. The Balaban J connectivity index is 1.51. The summed E-state index contributed by atoms with van der Waals surface area (Å²) in [5.74, 6) is 1.38. The van der Waals surface area contributed by atoms with Crippen LogP contribution in [-0.2, 0) is 0 Å². The second-order valence-corrected chi connectivity index (χ2v) is 10.4. The highest BCUT2D eigenvalue weighted by Crippen LogP contribution is 2.36. The number of fused-ring (bicyclic) bond motifs is 1. The van der Waals surface area contributed by atoms with Crippen LogP contribution in [0.5, 0.6) is 0 Å². The van der Waals surface area contributed by atoms with Crippen molar-refractivity contribution in [1.82, 2.24) is 9.88 Å². The minimum atomic E-state index is 0.0872. The quantitative estimate of drug-likeness (QED) is 0.438. The van der Waals surface area contributed by atoms with Gasteiger partial charge in [-0.05, 0) is 61.5 Å². The van der Waals surface area contributed by atoms with E-state index in [2.05, 4.69) is 27.2 Å². The molecule has 1 heterocycles. The number of nitrogens with zero attached hydrogens (tertiary/aromatic N) is 2. The Morgan fingerprint density at radius 3 is 2.34 bits per heavy atom. The Bertz CT molecular complexity index is 1060. The maximum absolute atomic E-state index is 13.6. The zero-order valence-corrected chi connectivity index (χ0v) is 19.8. The molecule has 0 bridgehead atoms. The first-order valence-electron chi connectivity index (χ1n) is 11.9. The Kier molecular flexibility index (Phi) is 6.64. The number of benzene rings is 2. The van der Waals surface area contributed by atoms with Crippen molar-refractivity contribution in [2.75, 3.05) is 13.6 Å². The molecule has 0 aliphatic heterocycles. The largest absolute Gasteiger partial charge is 0.341 e. The Morgan fingerprint density at radius 2 is 1.66 bits per heavy atom. The van der Waals surface area contributed by atoms with Gasteiger partial charge in [-0.3, -0.25) is 4.79 Å². The molecule has 0 N–H and O–H groups in total. The van der Waals surface area contributed by atoms with E-state index >= 15 is 0 Å². The minimum Gasteiger partial charge on any atom is -0.341 e. The number of carbonyl (C=O) groups excluding carboxylic acids is 1. The summed E-state index contributed by atoms with van der Waals surface area (Å²) >= 11 is 0. The Labute approximate surface area is 192 Å². The van der Waals surface area contributed by atoms with Crippen molar-refractivity contribution in [2.24, 2.45) is 17.3 Å². The highest BCUT2D eigenvalue weighted by molar-refractivity contribution is 6.07. The van der Waals surface area contributed by atoms with E-state index in [4.69, 9.17) is 4.98 Å². The Morgan fingerprint density at radius 1 is 1.00 bits per heavy atom. The molecule has 3 nitrogen and oxygen atoms in total. The molecule has 0 saturated heterocycles. The average Bonchev–Trinajstić information content (AvgIpc) is 2.78. The van der Waals surface area contributed by atoms with Crippen molar-refractivity contribution in [3.05, 3.63) is 72.6 Å². The second kappa shape index (κ2) is 9.44. The summed E-state index contributed by atoms with van der Waals surface area (Å²) in [5, 5.41) is 0.924. The Hall–Kier alpha value is -2.68. The van der Waals surface area contributed by atoms with Crippen LogP contribution < -0.4 is 0 Å². The number of para-hydroxylation sites is 1. The van der Waals surface area contributed by atoms with Crippen molar-refractivity contribution in [3.8, 4) is 11.3 Å². The van der Waals surface area contributed by atoms with E-state index < -0.39 is 0 Å². The molecule has 1 aromatic heterocycles. The van der Waals surface area contributed by atoms with E-state index in [1.807, 2.05) is 72.6 Å². The SMILES string of the molecule is CN(C[C@H]1CC[C@H]([CH]C(C)(C)C)CC1)C(=O)c1cc(-c2ccccc2)nc2ccccc12. The monoisotopic (exact) mass is 427 g/mol. The molecule has 32 heavy (non-hydrogen) atoms. The third kappa shape index (κ3) is 5.38. The fraction of sp³-hybridized carbons (Fsp3) is 0.414. The number of amides is 1. The normalized spacial score (nSPS) is 19.1. The first-order chi connectivity index (χ1) is 15.3. The van der Waals surface area contributed by atoms with Crippen LogP contribution in [0.25, 0.3) is 22.2 Å². The lowest BCUT2D eigenvalue weighted by Crippen LogP contribution is -2.34. The minimum absolute atomic E-state index is 0.0872. The van der Waals surface area contributed by atoms with Crippen LogP contribution >= 0.6 is 0 Å². The van der Waals surface area contributed by atoms with Gasteiger partial charge in [-0.2, -0.15) is 0 Å². The summed E-state index contributed by atoms with van der Waals surface area (Å²) in [5.41, 5.74) is 3.77. The molecule has 1 aliphatic rings. The molecule has 3 aromatic rings. The van der Waals surface area contributed by atoms with Crippen LogP contribution in [0.4, 0.5) is 0 Å². The summed E-state index contributed by atoms with van der Waals surface area (Å²) in [4.78, 5) is 20.3. The second-order valence-electron chi connectivity index (χ2n) is 10.4. The molecule has 1 saturated carbocycles. The molecule has 1 fully saturated rings. The van der Waals surface area contributed by atoms with Gasteiger partial charge >= 0.3 is 0 Å². The van der Waals surface area contributed by atoms with Gasteiger partial charge in [0.15, 0.2) is 0 Å². The van der Waals surface area contributed by atoms with Crippen LogP contribution in [0.2, 0.25) is 0 Å². The first kappa shape index (κ1) is 22.5. The number of hydrogen-bond acceptors (Lipinski definition) is 2. The van der Waals surface area contributed by atoms with Crippen LogP contribution in [0, 0.1) is 23.7 Å². The van der Waals surface area contributed by atoms with Gasteiger partial charge in [0.2, 0.25) is 0 Å². The maximum Gasteiger partial charge on any atom is 0.254 e. The molecule has 0 spiro atoms. The third-order valence-corrected chi connectivity index (χ3v) is 6.52. The van der Waals surface area contributed by atoms with E-state index in [1.165, 1.54) is 25.7 Å². The van der Waals surface area contributed by atoms with Crippen LogP contribution in [0.3, 0.4) is 0 Å². The van der Waals surface area contributed by atoms with Crippen LogP contribution in [0.15, 0.2) is 60.7 Å². The standard InChI is InChI=1S/C29H35N2O/c1-29(2,3)19-21-14-16-22(17-15-21)20-31(4)28(32)25-18-27(23-10-6-5-7-11-23)30-26-13-9-8-12-24(25)26/h5-13,18-19,21-22H,14-17,20H2,1-4H3/t21-,22-. The summed E-state index contributed by atoms with van der Waals surface area (Å²) < 4.78 is 0. The predicted octanol–water partition coefficient (Wildman–Crippen LogP) is 7.03. The molecule has 0 unspecified atom stereocenters. The van der Waals surface area contributed by atoms with Crippen LogP contribution in [-0.4, -0.2) is 29.4 Å². The number of hydrogen-bond donors (Lipinski definition) is 0. The van der Waals surface area contributed by atoms with Gasteiger partial charge in [0, 0.05) is 24.5 Å². The average molecular weight is 428 g/mol. The molecule has 0 atom stereocenters. The highest BCUT2D eigenvalue weighted by atomic mass is 16.2. The predicted molar refractivity (Wildman–Crippen MR) is 133 cm³/mol. The summed E-state index contributed by atoms with van der Waals surface area (Å²) in [6.45, 7) is 7.68. The van der Waals surface area contributed by atoms with Gasteiger partial charge in [-0.25, -0.2) is 4.98 Å². The fourth-order valence-electron chi connectivity index (χ4n) is 5.03. The van der Waals surface area contributed by atoms with Crippen molar-refractivity contribution < 1.29 is 4.79 Å². The number of rotatable bonds is 5. The lowest BCUT2D eigenvalue weighted by atomic mass is 9.74. The maximum atomic E-state index is 13.6. The smallest absolute Gasteiger partial charge is 0.254 e. The number of aromatic nitrogens is 1. The molecule has 1 amide bonds. The van der Waals surface area contributed by atoms with Crippen molar-refractivity contribution in [3.63, 3.8) is 0 Å². The lowest BCUT2D eigenvalue weighted by Gasteiger charge is -2.34. The molecule has 1 radical (unpaired) electrons. The molecular formula is C29H35N2O. The van der Waals surface area contributed by atoms with E-state index in [0.29, 0.717) is 11.8 Å². The van der Waals surface area contributed by atoms with Crippen molar-refractivity contribution in [1.29, 1.82) is 0 Å². The molecule has 1 aliphatic carbocycles. The van der Waals surface area contributed by atoms with E-state index in [0.717, 1.165) is 34.3 Å². The van der Waals surface area contributed by atoms with Gasteiger partial charge < -0.3 is 4.90 Å². The summed E-state index contributed by atoms with van der Waals surface area (Å²) in [7, 11) is 1.95. The molecule has 2 aromatic carbocycles. The molecule has 4 rings (SSSR count). The van der Waals surface area contributed by atoms with Crippen molar-refractivity contribution >= 4 is 16.8 Å². The first-order valence-corrected chi connectivity index (χ1v) is 11.9. The van der Waals surface area contributed by atoms with Gasteiger partial charge in [0.1, 0.15) is 0 Å². The number of carbonyl (C=O) groups is 1. The fourth-order valence-corrected chi connectivity index (χ4v) is 5.03. The van der Waals surface area contributed by atoms with Gasteiger partial charge in [0.25, 0.3) is 5.91 Å². The summed E-state index contributed by atoms with van der Waals surface area (Å²) in [6.07, 6.45) is 7.38. The van der Waals surface area contributed by atoms with Gasteiger partial charge in [-0.15, -0.1) is 0 Å². The zero-order valence-electron chi connectivity index (χ0n) is 19.8. The molecular weight excluding hydrogens is 392 g/mol.